The van der Waals surface area contributed by atoms with Crippen molar-refractivity contribution in [3.63, 3.8) is 0 Å². The van der Waals surface area contributed by atoms with E-state index in [9.17, 15) is 0 Å². The topological polar surface area (TPSA) is 65.2 Å². The molecule has 0 spiro atoms. The summed E-state index contributed by atoms with van der Waals surface area (Å²) in [6, 6.07) is 9.12. The zero-order chi connectivity index (χ0) is 12.5. The van der Waals surface area contributed by atoms with Gasteiger partial charge in [-0.2, -0.15) is 0 Å². The Morgan fingerprint density at radius 3 is 2.50 bits per heavy atom. The molecule has 4 nitrogen and oxygen atoms in total. The molecule has 0 saturated carbocycles. The van der Waals surface area contributed by atoms with Gasteiger partial charge >= 0.3 is 0 Å². The first-order valence-corrected chi connectivity index (χ1v) is 5.67. The fraction of sp³-hybridized carbons (Fsp3) is 0. The van der Waals surface area contributed by atoms with Gasteiger partial charge in [-0.3, -0.25) is 0 Å². The van der Waals surface area contributed by atoms with E-state index < -0.39 is 0 Å². The molecule has 90 valence electrons. The van der Waals surface area contributed by atoms with Crippen molar-refractivity contribution in [1.82, 2.24) is 5.16 Å². The third kappa shape index (κ3) is 1.76. The van der Waals surface area contributed by atoms with E-state index in [1.54, 1.807) is 30.7 Å². The molecule has 1 aromatic carbocycles. The zero-order valence-electron chi connectivity index (χ0n) is 9.26. The van der Waals surface area contributed by atoms with Gasteiger partial charge in [0.2, 0.25) is 0 Å². The highest BCUT2D eigenvalue weighted by atomic mass is 35.5. The standard InChI is InChI=1S/C13H9ClN2O2/c14-10-3-1-8(2-4-10)11-12(18-16-13(11)15)9-5-6-17-7-9/h1-7H,(H2,15,16). The van der Waals surface area contributed by atoms with E-state index in [0.29, 0.717) is 16.6 Å². The van der Waals surface area contributed by atoms with Crippen molar-refractivity contribution in [2.45, 2.75) is 0 Å². The third-order valence-electron chi connectivity index (χ3n) is 2.63. The van der Waals surface area contributed by atoms with Crippen LogP contribution in [-0.4, -0.2) is 5.16 Å². The molecule has 0 aliphatic heterocycles. The first-order valence-electron chi connectivity index (χ1n) is 5.29. The van der Waals surface area contributed by atoms with Crippen molar-refractivity contribution in [2.24, 2.45) is 0 Å². The predicted molar refractivity (Wildman–Crippen MR) is 69.1 cm³/mol. The van der Waals surface area contributed by atoms with Crippen LogP contribution in [0.1, 0.15) is 0 Å². The maximum atomic E-state index is 5.87. The van der Waals surface area contributed by atoms with Crippen molar-refractivity contribution in [3.05, 3.63) is 47.9 Å². The lowest BCUT2D eigenvalue weighted by atomic mass is 10.0. The van der Waals surface area contributed by atoms with Gasteiger partial charge in [-0.15, -0.1) is 0 Å². The second kappa shape index (κ2) is 4.23. The number of nitrogen functional groups attached to an aromatic ring is 1. The lowest BCUT2D eigenvalue weighted by molar-refractivity contribution is 0.435. The Labute approximate surface area is 108 Å². The number of furan rings is 1. The van der Waals surface area contributed by atoms with E-state index in [2.05, 4.69) is 5.16 Å². The lowest BCUT2D eigenvalue weighted by Crippen LogP contribution is -1.88. The van der Waals surface area contributed by atoms with Gasteiger partial charge < -0.3 is 14.7 Å². The highest BCUT2D eigenvalue weighted by molar-refractivity contribution is 6.30. The second-order valence-corrected chi connectivity index (χ2v) is 4.23. The molecule has 5 heteroatoms. The predicted octanol–water partition coefficient (Wildman–Crippen LogP) is 3.84. The molecule has 18 heavy (non-hydrogen) atoms. The van der Waals surface area contributed by atoms with Gasteiger partial charge in [-0.25, -0.2) is 0 Å². The van der Waals surface area contributed by atoms with Crippen LogP contribution in [0.15, 0.2) is 51.8 Å². The van der Waals surface area contributed by atoms with Gasteiger partial charge in [0.05, 0.1) is 17.4 Å². The van der Waals surface area contributed by atoms with Crippen molar-refractivity contribution < 1.29 is 8.94 Å². The number of nitrogens with zero attached hydrogens (tertiary/aromatic N) is 1. The van der Waals surface area contributed by atoms with Gasteiger partial charge in [0.25, 0.3) is 0 Å². The molecule has 2 N–H and O–H groups in total. The number of hydrogen-bond acceptors (Lipinski definition) is 4. The molecule has 0 aliphatic carbocycles. The molecule has 0 aliphatic rings. The van der Waals surface area contributed by atoms with E-state index >= 15 is 0 Å². The van der Waals surface area contributed by atoms with Crippen LogP contribution in [0.5, 0.6) is 0 Å². The second-order valence-electron chi connectivity index (χ2n) is 3.79. The molecular formula is C13H9ClN2O2. The molecule has 3 rings (SSSR count). The highest BCUT2D eigenvalue weighted by Crippen LogP contribution is 2.36. The smallest absolute Gasteiger partial charge is 0.180 e. The highest BCUT2D eigenvalue weighted by Gasteiger charge is 2.18. The summed E-state index contributed by atoms with van der Waals surface area (Å²) in [6.07, 6.45) is 3.15. The van der Waals surface area contributed by atoms with E-state index in [1.807, 2.05) is 12.1 Å². The molecule has 0 bridgehead atoms. The average molecular weight is 261 g/mol. The average Bonchev–Trinajstić information content (AvgIpc) is 2.99. The third-order valence-corrected chi connectivity index (χ3v) is 2.89. The number of nitrogens with two attached hydrogens (primary N) is 1. The maximum Gasteiger partial charge on any atom is 0.180 e. The molecule has 3 aromatic rings. The van der Waals surface area contributed by atoms with Crippen LogP contribution in [0.3, 0.4) is 0 Å². The minimum Gasteiger partial charge on any atom is -0.472 e. The molecule has 2 aromatic heterocycles. The fourth-order valence-corrected chi connectivity index (χ4v) is 1.91. The summed E-state index contributed by atoms with van der Waals surface area (Å²) in [5.74, 6) is 0.928. The summed E-state index contributed by atoms with van der Waals surface area (Å²) in [4.78, 5) is 0. The minimum absolute atomic E-state index is 0.341. The van der Waals surface area contributed by atoms with Gasteiger partial charge in [-0.05, 0) is 23.8 Å². The monoisotopic (exact) mass is 260 g/mol. The number of benzene rings is 1. The Kier molecular flexibility index (Phi) is 2.57. The molecule has 0 atom stereocenters. The summed E-state index contributed by atoms with van der Waals surface area (Å²) in [5.41, 5.74) is 8.29. The van der Waals surface area contributed by atoms with Gasteiger partial charge in [0.1, 0.15) is 6.26 Å². The Bertz CT molecular complexity index is 657. The van der Waals surface area contributed by atoms with E-state index in [1.165, 1.54) is 0 Å². The Morgan fingerprint density at radius 2 is 1.83 bits per heavy atom. The lowest BCUT2D eigenvalue weighted by Gasteiger charge is -2.01. The van der Waals surface area contributed by atoms with Crippen LogP contribution in [-0.2, 0) is 0 Å². The largest absolute Gasteiger partial charge is 0.472 e. The minimum atomic E-state index is 0.341. The van der Waals surface area contributed by atoms with Crippen LogP contribution in [0.25, 0.3) is 22.5 Å². The van der Waals surface area contributed by atoms with Crippen LogP contribution in [0, 0.1) is 0 Å². The van der Waals surface area contributed by atoms with E-state index in [-0.39, 0.29) is 0 Å². The SMILES string of the molecule is Nc1noc(-c2ccoc2)c1-c1ccc(Cl)cc1. The number of halogens is 1. The van der Waals surface area contributed by atoms with Crippen LogP contribution in [0.2, 0.25) is 5.02 Å². The number of anilines is 1. The van der Waals surface area contributed by atoms with Crippen LogP contribution < -0.4 is 5.73 Å². The molecule has 0 fully saturated rings. The van der Waals surface area contributed by atoms with Crippen LogP contribution in [0.4, 0.5) is 5.82 Å². The van der Waals surface area contributed by atoms with Gasteiger partial charge in [0, 0.05) is 5.02 Å². The Morgan fingerprint density at radius 1 is 1.06 bits per heavy atom. The van der Waals surface area contributed by atoms with E-state index in [4.69, 9.17) is 26.3 Å². The van der Waals surface area contributed by atoms with Crippen molar-refractivity contribution in [2.75, 3.05) is 5.73 Å². The number of hydrogen-bond donors (Lipinski definition) is 1. The Hall–Kier alpha value is -2.20. The summed E-state index contributed by atoms with van der Waals surface area (Å²) >= 11 is 5.87. The Balaban J connectivity index is 2.17. The molecule has 0 amide bonds. The molecule has 0 unspecified atom stereocenters. The normalized spacial score (nSPS) is 10.7. The summed E-state index contributed by atoms with van der Waals surface area (Å²) in [5, 5.41) is 4.46. The van der Waals surface area contributed by atoms with Crippen LogP contribution >= 0.6 is 11.6 Å². The summed E-state index contributed by atoms with van der Waals surface area (Å²) < 4.78 is 10.3. The molecular weight excluding hydrogens is 252 g/mol. The molecule has 0 radical (unpaired) electrons. The first kappa shape index (κ1) is 10.9. The van der Waals surface area contributed by atoms with Crippen molar-refractivity contribution >= 4 is 17.4 Å². The van der Waals surface area contributed by atoms with Gasteiger partial charge in [-0.1, -0.05) is 28.9 Å². The molecule has 0 saturated heterocycles. The van der Waals surface area contributed by atoms with Crippen molar-refractivity contribution in [3.8, 4) is 22.5 Å². The zero-order valence-corrected chi connectivity index (χ0v) is 10.0. The summed E-state index contributed by atoms with van der Waals surface area (Å²) in [7, 11) is 0. The first-order chi connectivity index (χ1) is 8.75. The van der Waals surface area contributed by atoms with Crippen molar-refractivity contribution in [1.29, 1.82) is 0 Å². The molecule has 2 heterocycles. The van der Waals surface area contributed by atoms with Gasteiger partial charge in [0.15, 0.2) is 11.6 Å². The summed E-state index contributed by atoms with van der Waals surface area (Å²) in [6.45, 7) is 0. The fourth-order valence-electron chi connectivity index (χ4n) is 1.79. The number of aromatic nitrogens is 1. The number of rotatable bonds is 2. The van der Waals surface area contributed by atoms with E-state index in [0.717, 1.165) is 16.7 Å². The quantitative estimate of drug-likeness (QED) is 0.760. The maximum absolute atomic E-state index is 5.87.